The molecule has 7 nitrogen and oxygen atoms in total. The van der Waals surface area contributed by atoms with Crippen LogP contribution in [-0.2, 0) is 9.59 Å². The van der Waals surface area contributed by atoms with Crippen molar-refractivity contribution in [2.75, 3.05) is 62.6 Å². The molecule has 0 atom stereocenters. The highest BCUT2D eigenvalue weighted by Gasteiger charge is 2.23. The Morgan fingerprint density at radius 1 is 0.875 bits per heavy atom. The van der Waals surface area contributed by atoms with Gasteiger partial charge in [-0.2, -0.15) is 0 Å². The zero-order valence-electron chi connectivity index (χ0n) is 18.1. The van der Waals surface area contributed by atoms with Gasteiger partial charge in [0.2, 0.25) is 5.91 Å². The summed E-state index contributed by atoms with van der Waals surface area (Å²) in [5.74, 6) is -0.0543. The Balaban J connectivity index is 1.17. The molecule has 2 aliphatic heterocycles. The van der Waals surface area contributed by atoms with Crippen LogP contribution in [0.25, 0.3) is 0 Å². The van der Waals surface area contributed by atoms with Crippen molar-refractivity contribution in [3.05, 3.63) is 54.3 Å². The number of nitrogens with one attached hydrogen (secondary N) is 1. The fourth-order valence-corrected chi connectivity index (χ4v) is 4.06. The lowest BCUT2D eigenvalue weighted by molar-refractivity contribution is -0.135. The van der Waals surface area contributed by atoms with Crippen LogP contribution in [0.2, 0.25) is 0 Å². The Labute approximate surface area is 187 Å². The van der Waals surface area contributed by atoms with Gasteiger partial charge in [0.25, 0.3) is 5.91 Å². The van der Waals surface area contributed by atoms with Crippen LogP contribution in [0.1, 0.15) is 12.8 Å². The van der Waals surface area contributed by atoms with Gasteiger partial charge in [-0.15, -0.1) is 0 Å². The van der Waals surface area contributed by atoms with Gasteiger partial charge in [-0.3, -0.25) is 14.5 Å². The van der Waals surface area contributed by atoms with Crippen LogP contribution in [0.3, 0.4) is 0 Å². The van der Waals surface area contributed by atoms with Crippen molar-refractivity contribution >= 4 is 23.2 Å². The van der Waals surface area contributed by atoms with Crippen LogP contribution < -0.4 is 15.0 Å². The van der Waals surface area contributed by atoms with Crippen molar-refractivity contribution in [3.63, 3.8) is 0 Å². The highest BCUT2D eigenvalue weighted by atomic mass is 19.1. The third-order valence-electron chi connectivity index (χ3n) is 5.89. The molecule has 2 aromatic carbocycles. The van der Waals surface area contributed by atoms with Crippen LogP contribution in [0.15, 0.2) is 48.5 Å². The van der Waals surface area contributed by atoms with Crippen molar-refractivity contribution in [3.8, 4) is 5.75 Å². The van der Waals surface area contributed by atoms with E-state index >= 15 is 0 Å². The highest BCUT2D eigenvalue weighted by Crippen LogP contribution is 2.22. The Morgan fingerprint density at radius 2 is 1.53 bits per heavy atom. The molecule has 0 aliphatic carbocycles. The van der Waals surface area contributed by atoms with Crippen LogP contribution in [0.4, 0.5) is 15.8 Å². The summed E-state index contributed by atoms with van der Waals surface area (Å²) in [7, 11) is 0. The van der Waals surface area contributed by atoms with Gasteiger partial charge in [0.05, 0.1) is 6.54 Å². The molecule has 2 amide bonds. The Morgan fingerprint density at radius 3 is 2.19 bits per heavy atom. The largest absolute Gasteiger partial charge is 0.484 e. The summed E-state index contributed by atoms with van der Waals surface area (Å²) in [5.41, 5.74) is 1.99. The SMILES string of the molecule is O=C(CN1CCN(C(=O)COc2ccc(F)cc2)CC1)Nc1ccc(N2CCCC2)cc1. The molecule has 32 heavy (non-hydrogen) atoms. The minimum absolute atomic E-state index is 0.0571. The summed E-state index contributed by atoms with van der Waals surface area (Å²) in [5, 5.41) is 2.96. The molecular formula is C24H29FN4O3. The molecular weight excluding hydrogens is 411 g/mol. The zero-order valence-corrected chi connectivity index (χ0v) is 18.1. The van der Waals surface area contributed by atoms with E-state index in [1.807, 2.05) is 17.0 Å². The molecule has 0 saturated carbocycles. The van der Waals surface area contributed by atoms with Crippen molar-refractivity contribution < 1.29 is 18.7 Å². The molecule has 2 aliphatic rings. The summed E-state index contributed by atoms with van der Waals surface area (Å²) < 4.78 is 18.4. The lowest BCUT2D eigenvalue weighted by Crippen LogP contribution is -2.51. The van der Waals surface area contributed by atoms with E-state index < -0.39 is 0 Å². The number of carbonyl (C=O) groups excluding carboxylic acids is 2. The first kappa shape index (κ1) is 22.1. The topological polar surface area (TPSA) is 65.1 Å². The number of nitrogens with zero attached hydrogens (tertiary/aromatic N) is 3. The molecule has 2 heterocycles. The standard InChI is InChI=1S/C24H29FN4O3/c25-19-3-9-22(10-4-19)32-18-24(31)29-15-13-27(14-16-29)17-23(30)26-20-5-7-21(8-6-20)28-11-1-2-12-28/h3-10H,1-2,11-18H2,(H,26,30). The number of hydrogen-bond acceptors (Lipinski definition) is 5. The number of amides is 2. The highest BCUT2D eigenvalue weighted by molar-refractivity contribution is 5.92. The van der Waals surface area contributed by atoms with Crippen molar-refractivity contribution in [2.45, 2.75) is 12.8 Å². The molecule has 0 aromatic heterocycles. The van der Waals surface area contributed by atoms with E-state index in [-0.39, 0.29) is 24.2 Å². The Hall–Kier alpha value is -3.13. The maximum absolute atomic E-state index is 12.9. The van der Waals surface area contributed by atoms with E-state index in [0.717, 1.165) is 18.8 Å². The van der Waals surface area contributed by atoms with E-state index in [4.69, 9.17) is 4.74 Å². The van der Waals surface area contributed by atoms with Crippen molar-refractivity contribution in [1.82, 2.24) is 9.80 Å². The molecule has 0 bridgehead atoms. The van der Waals surface area contributed by atoms with Crippen LogP contribution in [0, 0.1) is 5.82 Å². The maximum Gasteiger partial charge on any atom is 0.260 e. The van der Waals surface area contributed by atoms with Crippen molar-refractivity contribution in [2.24, 2.45) is 0 Å². The number of anilines is 2. The van der Waals surface area contributed by atoms with E-state index in [1.165, 1.54) is 42.8 Å². The minimum atomic E-state index is -0.345. The number of piperazine rings is 1. The molecule has 4 rings (SSSR count). The first-order valence-electron chi connectivity index (χ1n) is 11.1. The number of ether oxygens (including phenoxy) is 1. The molecule has 0 unspecified atom stereocenters. The second-order valence-electron chi connectivity index (χ2n) is 8.19. The van der Waals surface area contributed by atoms with Gasteiger partial charge in [-0.25, -0.2) is 4.39 Å². The lowest BCUT2D eigenvalue weighted by atomic mass is 10.2. The summed E-state index contributed by atoms with van der Waals surface area (Å²) in [6.07, 6.45) is 2.47. The molecule has 2 aromatic rings. The van der Waals surface area contributed by atoms with Crippen LogP contribution >= 0.6 is 0 Å². The number of rotatable bonds is 7. The maximum atomic E-state index is 12.9. The molecule has 2 fully saturated rings. The molecule has 0 radical (unpaired) electrons. The molecule has 8 heteroatoms. The zero-order chi connectivity index (χ0) is 22.3. The summed E-state index contributed by atoms with van der Waals surface area (Å²) in [6, 6.07) is 13.6. The fraction of sp³-hybridized carbons (Fsp3) is 0.417. The number of carbonyl (C=O) groups is 2. The molecule has 0 spiro atoms. The average Bonchev–Trinajstić information content (AvgIpc) is 3.34. The predicted octanol–water partition coefficient (Wildman–Crippen LogP) is 2.59. The van der Waals surface area contributed by atoms with Gasteiger partial charge in [-0.1, -0.05) is 0 Å². The third-order valence-corrected chi connectivity index (χ3v) is 5.89. The lowest BCUT2D eigenvalue weighted by Gasteiger charge is -2.34. The molecule has 2 saturated heterocycles. The normalized spacial score (nSPS) is 16.8. The summed E-state index contributed by atoms with van der Waals surface area (Å²) in [4.78, 5) is 30.9. The minimum Gasteiger partial charge on any atom is -0.484 e. The predicted molar refractivity (Wildman–Crippen MR) is 121 cm³/mol. The fourth-order valence-electron chi connectivity index (χ4n) is 4.06. The monoisotopic (exact) mass is 440 g/mol. The number of halogens is 1. The first-order chi connectivity index (χ1) is 15.6. The van der Waals surface area contributed by atoms with E-state index in [2.05, 4.69) is 22.3 Å². The summed E-state index contributed by atoms with van der Waals surface area (Å²) >= 11 is 0. The second-order valence-corrected chi connectivity index (χ2v) is 8.19. The van der Waals surface area contributed by atoms with Crippen LogP contribution in [-0.4, -0.2) is 74.0 Å². The van der Waals surface area contributed by atoms with Gasteiger partial charge in [0.15, 0.2) is 6.61 Å². The first-order valence-corrected chi connectivity index (χ1v) is 11.1. The Bertz CT molecular complexity index is 906. The smallest absolute Gasteiger partial charge is 0.260 e. The van der Waals surface area contributed by atoms with Gasteiger partial charge in [-0.05, 0) is 61.4 Å². The molecule has 1 N–H and O–H groups in total. The van der Waals surface area contributed by atoms with Gasteiger partial charge in [0, 0.05) is 50.6 Å². The third kappa shape index (κ3) is 5.97. The number of benzene rings is 2. The van der Waals surface area contributed by atoms with Gasteiger partial charge in [0.1, 0.15) is 11.6 Å². The van der Waals surface area contributed by atoms with Gasteiger partial charge < -0.3 is 19.9 Å². The van der Waals surface area contributed by atoms with Crippen LogP contribution in [0.5, 0.6) is 5.75 Å². The van der Waals surface area contributed by atoms with E-state index in [1.54, 1.807) is 4.90 Å². The van der Waals surface area contributed by atoms with E-state index in [9.17, 15) is 14.0 Å². The van der Waals surface area contributed by atoms with Crippen molar-refractivity contribution in [1.29, 1.82) is 0 Å². The quantitative estimate of drug-likeness (QED) is 0.717. The second kappa shape index (κ2) is 10.5. The number of hydrogen-bond donors (Lipinski definition) is 1. The molecule has 170 valence electrons. The average molecular weight is 441 g/mol. The van der Waals surface area contributed by atoms with Gasteiger partial charge >= 0.3 is 0 Å². The van der Waals surface area contributed by atoms with E-state index in [0.29, 0.717) is 38.5 Å². The summed E-state index contributed by atoms with van der Waals surface area (Å²) in [6.45, 7) is 4.75. The Kier molecular flexibility index (Phi) is 7.21.